The maximum Gasteiger partial charge on any atom is 0.433 e. The van der Waals surface area contributed by atoms with Crippen LogP contribution in [0.5, 0.6) is 0 Å². The number of para-hydroxylation sites is 1. The molecule has 0 saturated heterocycles. The first-order valence-electron chi connectivity index (χ1n) is 5.26. The lowest BCUT2D eigenvalue weighted by Crippen LogP contribution is -2.16. The van der Waals surface area contributed by atoms with Crippen molar-refractivity contribution in [2.24, 2.45) is 0 Å². The number of aryl methyl sites for hydroxylation is 1. The van der Waals surface area contributed by atoms with Crippen molar-refractivity contribution >= 4 is 0 Å². The summed E-state index contributed by atoms with van der Waals surface area (Å²) in [4.78, 5) is 0. The Bertz CT molecular complexity index is 561. The molecule has 1 N–H and O–H groups in total. The summed E-state index contributed by atoms with van der Waals surface area (Å²) >= 11 is 0. The van der Waals surface area contributed by atoms with Crippen LogP contribution < -0.4 is 0 Å². The molecule has 0 saturated carbocycles. The van der Waals surface area contributed by atoms with Crippen LogP contribution in [0.15, 0.2) is 30.5 Å². The number of benzene rings is 1. The second kappa shape index (κ2) is 4.45. The van der Waals surface area contributed by atoms with Crippen LogP contribution in [0.4, 0.5) is 13.2 Å². The van der Waals surface area contributed by atoms with Gasteiger partial charge in [0.1, 0.15) is 0 Å². The van der Waals surface area contributed by atoms with Gasteiger partial charge in [0.25, 0.3) is 0 Å². The highest BCUT2D eigenvalue weighted by Crippen LogP contribution is 2.34. The van der Waals surface area contributed by atoms with Gasteiger partial charge < -0.3 is 5.11 Å². The Morgan fingerprint density at radius 3 is 2.50 bits per heavy atom. The number of rotatable bonds is 2. The summed E-state index contributed by atoms with van der Waals surface area (Å²) in [6.45, 7) is 1.01. The van der Waals surface area contributed by atoms with Gasteiger partial charge in [0.15, 0.2) is 5.69 Å². The normalized spacial score (nSPS) is 11.8. The molecule has 2 rings (SSSR count). The zero-order valence-corrected chi connectivity index (χ0v) is 9.57. The summed E-state index contributed by atoms with van der Waals surface area (Å²) in [5.74, 6) is 0. The fourth-order valence-corrected chi connectivity index (χ4v) is 1.78. The molecule has 1 aromatic carbocycles. The number of hydrogen-bond acceptors (Lipinski definition) is 2. The average molecular weight is 256 g/mol. The van der Waals surface area contributed by atoms with Gasteiger partial charge in [-0.25, -0.2) is 4.68 Å². The van der Waals surface area contributed by atoms with E-state index in [9.17, 15) is 13.2 Å². The number of aliphatic hydroxyl groups is 1. The van der Waals surface area contributed by atoms with Crippen LogP contribution in [0.3, 0.4) is 0 Å². The predicted molar refractivity (Wildman–Crippen MR) is 59.2 cm³/mol. The van der Waals surface area contributed by atoms with Crippen LogP contribution in [0.25, 0.3) is 5.69 Å². The molecular formula is C12H11F3N2O. The molecule has 1 aromatic heterocycles. The molecule has 3 nitrogen and oxygen atoms in total. The van der Waals surface area contributed by atoms with Gasteiger partial charge in [0.2, 0.25) is 0 Å². The molecule has 0 amide bonds. The van der Waals surface area contributed by atoms with Crippen LogP contribution in [-0.2, 0) is 12.8 Å². The van der Waals surface area contributed by atoms with Gasteiger partial charge in [-0.3, -0.25) is 0 Å². The molecule has 0 aliphatic carbocycles. The molecule has 0 spiro atoms. The van der Waals surface area contributed by atoms with E-state index < -0.39 is 18.5 Å². The molecule has 18 heavy (non-hydrogen) atoms. The van der Waals surface area contributed by atoms with Crippen molar-refractivity contribution in [2.45, 2.75) is 19.7 Å². The molecule has 0 atom stereocenters. The van der Waals surface area contributed by atoms with Gasteiger partial charge in [-0.05, 0) is 18.6 Å². The standard InChI is InChI=1S/C12H11F3N2O/c1-8-4-2-3-5-10(8)17-11(12(13,14)15)9(7-18)6-16-17/h2-6,18H,7H2,1H3. The van der Waals surface area contributed by atoms with E-state index in [0.717, 1.165) is 10.9 Å². The highest BCUT2D eigenvalue weighted by Gasteiger charge is 2.38. The number of aromatic nitrogens is 2. The van der Waals surface area contributed by atoms with Crippen LogP contribution in [-0.4, -0.2) is 14.9 Å². The van der Waals surface area contributed by atoms with Gasteiger partial charge >= 0.3 is 6.18 Å². The van der Waals surface area contributed by atoms with E-state index in [1.165, 1.54) is 0 Å². The summed E-state index contributed by atoms with van der Waals surface area (Å²) in [5.41, 5.74) is -0.134. The van der Waals surface area contributed by atoms with E-state index in [4.69, 9.17) is 5.11 Å². The van der Waals surface area contributed by atoms with E-state index in [2.05, 4.69) is 5.10 Å². The highest BCUT2D eigenvalue weighted by atomic mass is 19.4. The third kappa shape index (κ3) is 2.11. The van der Waals surface area contributed by atoms with Gasteiger partial charge in [-0.2, -0.15) is 18.3 Å². The molecule has 0 radical (unpaired) electrons. The molecule has 6 heteroatoms. The first kappa shape index (κ1) is 12.6. The number of nitrogens with zero attached hydrogens (tertiary/aromatic N) is 2. The zero-order chi connectivity index (χ0) is 13.3. The van der Waals surface area contributed by atoms with E-state index in [1.807, 2.05) is 0 Å². The first-order valence-corrected chi connectivity index (χ1v) is 5.26. The summed E-state index contributed by atoms with van der Waals surface area (Å²) in [6.07, 6.45) is -3.52. The number of aliphatic hydroxyl groups excluding tert-OH is 1. The second-order valence-electron chi connectivity index (χ2n) is 3.87. The van der Waals surface area contributed by atoms with E-state index in [1.54, 1.807) is 31.2 Å². The van der Waals surface area contributed by atoms with Crippen LogP contribution in [0.2, 0.25) is 0 Å². The fourth-order valence-electron chi connectivity index (χ4n) is 1.78. The summed E-state index contributed by atoms with van der Waals surface area (Å²) in [7, 11) is 0. The minimum Gasteiger partial charge on any atom is -0.392 e. The van der Waals surface area contributed by atoms with Crippen molar-refractivity contribution in [3.05, 3.63) is 47.3 Å². The maximum atomic E-state index is 13.0. The lowest BCUT2D eigenvalue weighted by molar-refractivity contribution is -0.143. The fraction of sp³-hybridized carbons (Fsp3) is 0.250. The Hall–Kier alpha value is -1.82. The topological polar surface area (TPSA) is 38.0 Å². The van der Waals surface area contributed by atoms with Crippen LogP contribution in [0.1, 0.15) is 16.8 Å². The third-order valence-electron chi connectivity index (χ3n) is 2.63. The molecule has 0 aliphatic heterocycles. The molecule has 1 heterocycles. The SMILES string of the molecule is Cc1ccccc1-n1ncc(CO)c1C(F)(F)F. The van der Waals surface area contributed by atoms with Gasteiger partial charge in [0.05, 0.1) is 18.5 Å². The number of halogens is 3. The van der Waals surface area contributed by atoms with Gasteiger partial charge in [-0.15, -0.1) is 0 Å². The average Bonchev–Trinajstić information content (AvgIpc) is 2.73. The van der Waals surface area contributed by atoms with Gasteiger partial charge in [0, 0.05) is 5.56 Å². The van der Waals surface area contributed by atoms with Crippen molar-refractivity contribution in [3.63, 3.8) is 0 Å². The second-order valence-corrected chi connectivity index (χ2v) is 3.87. The molecular weight excluding hydrogens is 245 g/mol. The monoisotopic (exact) mass is 256 g/mol. The Labute approximate surface area is 101 Å². The molecule has 0 unspecified atom stereocenters. The summed E-state index contributed by atoms with van der Waals surface area (Å²) in [6, 6.07) is 6.64. The minimum atomic E-state index is -4.56. The predicted octanol–water partition coefficient (Wildman–Crippen LogP) is 2.69. The largest absolute Gasteiger partial charge is 0.433 e. The zero-order valence-electron chi connectivity index (χ0n) is 9.57. The van der Waals surface area contributed by atoms with Crippen molar-refractivity contribution in [1.82, 2.24) is 9.78 Å². The van der Waals surface area contributed by atoms with Crippen molar-refractivity contribution in [3.8, 4) is 5.69 Å². The number of alkyl halides is 3. The minimum absolute atomic E-state index is 0.231. The van der Waals surface area contributed by atoms with Crippen LogP contribution >= 0.6 is 0 Å². The molecule has 96 valence electrons. The van der Waals surface area contributed by atoms with Crippen molar-refractivity contribution in [1.29, 1.82) is 0 Å². The van der Waals surface area contributed by atoms with E-state index in [-0.39, 0.29) is 5.56 Å². The number of hydrogen-bond donors (Lipinski definition) is 1. The van der Waals surface area contributed by atoms with Crippen LogP contribution in [0, 0.1) is 6.92 Å². The first-order chi connectivity index (χ1) is 8.45. The Morgan fingerprint density at radius 1 is 1.28 bits per heavy atom. The highest BCUT2D eigenvalue weighted by molar-refractivity contribution is 5.42. The Morgan fingerprint density at radius 2 is 1.94 bits per heavy atom. The van der Waals surface area contributed by atoms with Crippen molar-refractivity contribution < 1.29 is 18.3 Å². The summed E-state index contributed by atoms with van der Waals surface area (Å²) < 4.78 is 39.7. The molecule has 0 aliphatic rings. The van der Waals surface area contributed by atoms with E-state index >= 15 is 0 Å². The summed E-state index contributed by atoms with van der Waals surface area (Å²) in [5, 5.41) is 12.7. The lowest BCUT2D eigenvalue weighted by Gasteiger charge is -2.13. The van der Waals surface area contributed by atoms with Crippen molar-refractivity contribution in [2.75, 3.05) is 0 Å². The smallest absolute Gasteiger partial charge is 0.392 e. The molecule has 2 aromatic rings. The Kier molecular flexibility index (Phi) is 3.13. The lowest BCUT2D eigenvalue weighted by atomic mass is 10.2. The quantitative estimate of drug-likeness (QED) is 0.897. The molecule has 0 fully saturated rings. The Balaban J connectivity index is 2.66. The van der Waals surface area contributed by atoms with Gasteiger partial charge in [-0.1, -0.05) is 18.2 Å². The molecule has 0 bridgehead atoms. The van der Waals surface area contributed by atoms with E-state index in [0.29, 0.717) is 11.3 Å². The third-order valence-corrected chi connectivity index (χ3v) is 2.63. The maximum absolute atomic E-state index is 13.0.